The third-order valence-electron chi connectivity index (χ3n) is 5.07. The molecule has 2 N–H and O–H groups in total. The Kier molecular flexibility index (Phi) is 7.55. The van der Waals surface area contributed by atoms with Crippen LogP contribution in [0.3, 0.4) is 0 Å². The number of carbonyl (C=O) groups excluding carboxylic acids is 1. The number of nitrogens with one attached hydrogen (secondary N) is 2. The molecule has 0 unspecified atom stereocenters. The maximum Gasteiger partial charge on any atom is 0.250 e. The molecule has 0 spiro atoms. The van der Waals surface area contributed by atoms with Crippen LogP contribution in [-0.2, 0) is 16.1 Å². The van der Waals surface area contributed by atoms with E-state index in [0.29, 0.717) is 35.5 Å². The molecule has 0 aliphatic carbocycles. The summed E-state index contributed by atoms with van der Waals surface area (Å²) in [5.74, 6) is -0.160. The van der Waals surface area contributed by atoms with E-state index in [1.54, 1.807) is 22.9 Å². The van der Waals surface area contributed by atoms with Crippen molar-refractivity contribution < 1.29 is 9.53 Å². The lowest BCUT2D eigenvalue weighted by molar-refractivity contribution is -0.119. The first kappa shape index (κ1) is 22.8. The van der Waals surface area contributed by atoms with Crippen molar-refractivity contribution in [3.63, 3.8) is 0 Å². The average Bonchev–Trinajstić information content (AvgIpc) is 3.01. The van der Waals surface area contributed by atoms with E-state index in [2.05, 4.69) is 15.8 Å². The van der Waals surface area contributed by atoms with Gasteiger partial charge in [-0.15, -0.1) is 12.4 Å². The molecule has 7 nitrogen and oxygen atoms in total. The second kappa shape index (κ2) is 9.94. The molecule has 3 heterocycles. The second-order valence-corrected chi connectivity index (χ2v) is 7.92. The Bertz CT molecular complexity index is 1020. The van der Waals surface area contributed by atoms with Gasteiger partial charge < -0.3 is 14.6 Å². The summed E-state index contributed by atoms with van der Waals surface area (Å²) in [6.45, 7) is 2.41. The number of hydrazone groups is 1. The molecule has 1 amide bonds. The lowest BCUT2D eigenvalue weighted by atomic mass is 9.95. The van der Waals surface area contributed by atoms with Gasteiger partial charge in [-0.2, -0.15) is 5.10 Å². The summed E-state index contributed by atoms with van der Waals surface area (Å²) in [4.78, 5) is 23.9. The standard InChI is InChI=1S/C20H20Cl2N4O3.ClH/c21-15-3-1-12(7-16(15)22)20-14(9-23-5-6-29-20)11-26-10-13(2-4-19(26)28)17-8-18(27)25-24-17;/h1-4,7,10,14,20,23H,5-6,8-9,11H2,(H,25,27);1H/t14-,20-;/m0./s1. The Labute approximate surface area is 189 Å². The number of aromatic nitrogens is 1. The van der Waals surface area contributed by atoms with Gasteiger partial charge in [0, 0.05) is 43.4 Å². The molecule has 160 valence electrons. The van der Waals surface area contributed by atoms with Crippen LogP contribution >= 0.6 is 35.6 Å². The SMILES string of the molecule is Cl.O=C1CC(c2ccc(=O)n(C[C@@H]3CNCCO[C@H]3c3ccc(Cl)c(Cl)c3)c2)=NN1. The van der Waals surface area contributed by atoms with E-state index in [9.17, 15) is 9.59 Å². The van der Waals surface area contributed by atoms with Crippen molar-refractivity contribution >= 4 is 47.2 Å². The lowest BCUT2D eigenvalue weighted by Gasteiger charge is -2.26. The van der Waals surface area contributed by atoms with Gasteiger partial charge >= 0.3 is 0 Å². The first-order valence-electron chi connectivity index (χ1n) is 9.35. The van der Waals surface area contributed by atoms with Crippen LogP contribution in [0, 0.1) is 5.92 Å². The van der Waals surface area contributed by atoms with Crippen molar-refractivity contribution in [2.75, 3.05) is 19.7 Å². The summed E-state index contributed by atoms with van der Waals surface area (Å²) in [5, 5.41) is 8.36. The number of nitrogens with zero attached hydrogens (tertiary/aromatic N) is 2. The minimum absolute atomic E-state index is 0. The van der Waals surface area contributed by atoms with Crippen molar-refractivity contribution in [3.8, 4) is 0 Å². The van der Waals surface area contributed by atoms with Gasteiger partial charge in [0.2, 0.25) is 5.91 Å². The van der Waals surface area contributed by atoms with Crippen LogP contribution in [-0.4, -0.2) is 35.9 Å². The zero-order chi connectivity index (χ0) is 20.4. The van der Waals surface area contributed by atoms with Crippen molar-refractivity contribution in [1.82, 2.24) is 15.3 Å². The highest BCUT2D eigenvalue weighted by Gasteiger charge is 2.27. The third-order valence-corrected chi connectivity index (χ3v) is 5.81. The Morgan fingerprint density at radius 3 is 2.73 bits per heavy atom. The molecule has 0 bridgehead atoms. The van der Waals surface area contributed by atoms with E-state index >= 15 is 0 Å². The van der Waals surface area contributed by atoms with Gasteiger partial charge in [0.1, 0.15) is 0 Å². The Balaban J connectivity index is 0.00000256. The Hall–Kier alpha value is -1.90. The van der Waals surface area contributed by atoms with Crippen molar-refractivity contribution in [3.05, 3.63) is 68.1 Å². The number of hydrogen-bond donors (Lipinski definition) is 2. The normalized spacial score (nSPS) is 21.4. The number of pyridine rings is 1. The fourth-order valence-corrected chi connectivity index (χ4v) is 3.94. The molecule has 1 aromatic heterocycles. The number of halogens is 3. The van der Waals surface area contributed by atoms with Crippen molar-refractivity contribution in [2.24, 2.45) is 11.0 Å². The lowest BCUT2D eigenvalue weighted by Crippen LogP contribution is -2.32. The van der Waals surface area contributed by atoms with E-state index < -0.39 is 0 Å². The largest absolute Gasteiger partial charge is 0.372 e. The maximum absolute atomic E-state index is 12.5. The van der Waals surface area contributed by atoms with Crippen molar-refractivity contribution in [1.29, 1.82) is 0 Å². The van der Waals surface area contributed by atoms with Crippen LogP contribution in [0.4, 0.5) is 0 Å². The Morgan fingerprint density at radius 1 is 1.17 bits per heavy atom. The minimum atomic E-state index is -0.234. The highest BCUT2D eigenvalue weighted by atomic mass is 35.5. The van der Waals surface area contributed by atoms with Crippen molar-refractivity contribution in [2.45, 2.75) is 19.1 Å². The molecule has 1 fully saturated rings. The van der Waals surface area contributed by atoms with Gasteiger partial charge in [0.15, 0.2) is 0 Å². The number of ether oxygens (including phenoxy) is 1. The topological polar surface area (TPSA) is 84.7 Å². The maximum atomic E-state index is 12.5. The number of carbonyl (C=O) groups is 1. The van der Waals surface area contributed by atoms with Gasteiger partial charge in [-0.1, -0.05) is 29.3 Å². The summed E-state index contributed by atoms with van der Waals surface area (Å²) in [6, 6.07) is 8.67. The molecular formula is C20H21Cl3N4O3. The van der Waals surface area contributed by atoms with Gasteiger partial charge in [-0.25, -0.2) is 5.43 Å². The monoisotopic (exact) mass is 470 g/mol. The molecule has 2 atom stereocenters. The van der Waals surface area contributed by atoms with E-state index in [1.807, 2.05) is 12.1 Å². The van der Waals surface area contributed by atoms with Gasteiger partial charge in [-0.05, 0) is 23.8 Å². The van der Waals surface area contributed by atoms with E-state index in [-0.39, 0.29) is 42.3 Å². The van der Waals surface area contributed by atoms with Crippen LogP contribution < -0.4 is 16.3 Å². The molecule has 30 heavy (non-hydrogen) atoms. The molecule has 1 saturated heterocycles. The quantitative estimate of drug-likeness (QED) is 0.718. The molecule has 0 radical (unpaired) electrons. The fraction of sp³-hybridized carbons (Fsp3) is 0.350. The molecular weight excluding hydrogens is 451 g/mol. The first-order valence-corrected chi connectivity index (χ1v) is 10.1. The summed E-state index contributed by atoms with van der Waals surface area (Å²) >= 11 is 12.3. The molecule has 10 heteroatoms. The molecule has 0 saturated carbocycles. The first-order chi connectivity index (χ1) is 14.0. The van der Waals surface area contributed by atoms with Gasteiger partial charge in [-0.3, -0.25) is 9.59 Å². The van der Waals surface area contributed by atoms with Crippen LogP contribution in [0.15, 0.2) is 46.4 Å². The summed E-state index contributed by atoms with van der Waals surface area (Å²) < 4.78 is 7.74. The van der Waals surface area contributed by atoms with E-state index in [0.717, 1.165) is 17.7 Å². The number of hydrogen-bond acceptors (Lipinski definition) is 5. The zero-order valence-electron chi connectivity index (χ0n) is 15.9. The van der Waals surface area contributed by atoms with Crippen LogP contribution in [0.5, 0.6) is 0 Å². The van der Waals surface area contributed by atoms with Gasteiger partial charge in [0.05, 0.1) is 34.9 Å². The predicted molar refractivity (Wildman–Crippen MR) is 119 cm³/mol. The molecule has 2 aliphatic heterocycles. The summed E-state index contributed by atoms with van der Waals surface area (Å²) in [6.07, 6.45) is 1.72. The minimum Gasteiger partial charge on any atom is -0.372 e. The number of amides is 1. The van der Waals surface area contributed by atoms with E-state index in [4.69, 9.17) is 27.9 Å². The number of rotatable bonds is 4. The highest BCUT2D eigenvalue weighted by molar-refractivity contribution is 6.42. The van der Waals surface area contributed by atoms with Crippen LogP contribution in [0.1, 0.15) is 23.7 Å². The molecule has 2 aromatic rings. The molecule has 1 aromatic carbocycles. The fourth-order valence-electron chi connectivity index (χ4n) is 3.63. The highest BCUT2D eigenvalue weighted by Crippen LogP contribution is 2.32. The average molecular weight is 472 g/mol. The predicted octanol–water partition coefficient (Wildman–Crippen LogP) is 2.78. The zero-order valence-corrected chi connectivity index (χ0v) is 18.3. The third kappa shape index (κ3) is 5.04. The van der Waals surface area contributed by atoms with E-state index in [1.165, 1.54) is 6.07 Å². The van der Waals surface area contributed by atoms with Crippen LogP contribution in [0.2, 0.25) is 10.0 Å². The second-order valence-electron chi connectivity index (χ2n) is 7.11. The summed E-state index contributed by atoms with van der Waals surface area (Å²) in [5.41, 5.74) is 4.61. The smallest absolute Gasteiger partial charge is 0.250 e. The van der Waals surface area contributed by atoms with Crippen LogP contribution in [0.25, 0.3) is 0 Å². The van der Waals surface area contributed by atoms with Gasteiger partial charge in [0.25, 0.3) is 5.56 Å². The molecule has 2 aliphatic rings. The number of benzene rings is 1. The Morgan fingerprint density at radius 2 is 2.00 bits per heavy atom. The molecule has 4 rings (SSSR count). The summed E-state index contributed by atoms with van der Waals surface area (Å²) in [7, 11) is 0.